The fraction of sp³-hybridized carbons (Fsp3) is 0.421. The third kappa shape index (κ3) is 4.92. The number of piperidine rings is 1. The van der Waals surface area contributed by atoms with Crippen LogP contribution in [0.3, 0.4) is 0 Å². The Morgan fingerprint density at radius 3 is 2.68 bits per heavy atom. The topological polar surface area (TPSA) is 67.3 Å². The summed E-state index contributed by atoms with van der Waals surface area (Å²) >= 11 is 0. The summed E-state index contributed by atoms with van der Waals surface area (Å²) in [5.74, 6) is 0. The average molecular weight is 340 g/mol. The highest BCUT2D eigenvalue weighted by Crippen LogP contribution is 2.16. The second kappa shape index (κ2) is 7.96. The van der Waals surface area contributed by atoms with E-state index in [-0.39, 0.29) is 12.1 Å². The number of urea groups is 1. The summed E-state index contributed by atoms with van der Waals surface area (Å²) in [4.78, 5) is 22.9. The van der Waals surface area contributed by atoms with Gasteiger partial charge in [0, 0.05) is 24.5 Å². The average Bonchev–Trinajstić information content (AvgIpc) is 2.60. The SMILES string of the molecule is Cc1cc(C)nc(OC2CCCN(C(=O)NCc3ccccc3)C2)n1. The van der Waals surface area contributed by atoms with Crippen molar-refractivity contribution >= 4 is 6.03 Å². The Hall–Kier alpha value is -2.63. The maximum atomic E-state index is 12.4. The zero-order valence-electron chi connectivity index (χ0n) is 14.7. The first kappa shape index (κ1) is 17.2. The summed E-state index contributed by atoms with van der Waals surface area (Å²) in [6.45, 7) is 5.67. The maximum Gasteiger partial charge on any atom is 0.317 e. The fourth-order valence-corrected chi connectivity index (χ4v) is 3.00. The standard InChI is InChI=1S/C19H24N4O2/c1-14-11-15(2)22-18(21-14)25-17-9-6-10-23(13-17)19(24)20-12-16-7-4-3-5-8-16/h3-5,7-8,11,17H,6,9-10,12-13H2,1-2H3,(H,20,24). The van der Waals surface area contributed by atoms with Gasteiger partial charge in [0.1, 0.15) is 6.10 Å². The van der Waals surface area contributed by atoms with Crippen LogP contribution >= 0.6 is 0 Å². The molecule has 0 spiro atoms. The lowest BCUT2D eigenvalue weighted by molar-refractivity contribution is 0.0935. The molecule has 132 valence electrons. The molecule has 0 radical (unpaired) electrons. The Morgan fingerprint density at radius 1 is 1.24 bits per heavy atom. The van der Waals surface area contributed by atoms with Gasteiger partial charge >= 0.3 is 12.0 Å². The van der Waals surface area contributed by atoms with E-state index < -0.39 is 0 Å². The fourth-order valence-electron chi connectivity index (χ4n) is 3.00. The second-order valence-electron chi connectivity index (χ2n) is 6.41. The third-order valence-electron chi connectivity index (χ3n) is 4.19. The molecule has 0 aliphatic carbocycles. The molecule has 0 saturated carbocycles. The molecule has 6 heteroatoms. The number of ether oxygens (including phenoxy) is 1. The third-order valence-corrected chi connectivity index (χ3v) is 4.19. The highest BCUT2D eigenvalue weighted by atomic mass is 16.5. The molecular formula is C19H24N4O2. The van der Waals surface area contributed by atoms with Gasteiger partial charge in [0.05, 0.1) is 6.54 Å². The van der Waals surface area contributed by atoms with Crippen molar-refractivity contribution in [1.82, 2.24) is 20.2 Å². The predicted molar refractivity (Wildman–Crippen MR) is 95.4 cm³/mol. The van der Waals surface area contributed by atoms with Crippen LogP contribution in [0.5, 0.6) is 6.01 Å². The molecule has 1 aromatic carbocycles. The van der Waals surface area contributed by atoms with Gasteiger partial charge in [-0.2, -0.15) is 0 Å². The first-order valence-electron chi connectivity index (χ1n) is 8.66. The molecule has 25 heavy (non-hydrogen) atoms. The number of nitrogens with one attached hydrogen (secondary N) is 1. The lowest BCUT2D eigenvalue weighted by Crippen LogP contribution is -2.48. The zero-order chi connectivity index (χ0) is 17.6. The first-order valence-corrected chi connectivity index (χ1v) is 8.66. The molecule has 2 heterocycles. The molecule has 2 aromatic rings. The van der Waals surface area contributed by atoms with E-state index in [9.17, 15) is 4.79 Å². The molecular weight excluding hydrogens is 316 g/mol. The van der Waals surface area contributed by atoms with Crippen LogP contribution in [0.2, 0.25) is 0 Å². The summed E-state index contributed by atoms with van der Waals surface area (Å²) in [5, 5.41) is 2.97. The molecule has 1 unspecified atom stereocenters. The minimum absolute atomic E-state index is 0.0569. The minimum Gasteiger partial charge on any atom is -0.458 e. The van der Waals surface area contributed by atoms with Gasteiger partial charge in [0.25, 0.3) is 0 Å². The Morgan fingerprint density at radius 2 is 1.96 bits per heavy atom. The van der Waals surface area contributed by atoms with Crippen LogP contribution in [0.1, 0.15) is 29.8 Å². The number of hydrogen-bond acceptors (Lipinski definition) is 4. The number of nitrogens with zero attached hydrogens (tertiary/aromatic N) is 3. The van der Waals surface area contributed by atoms with E-state index in [2.05, 4.69) is 15.3 Å². The van der Waals surface area contributed by atoms with Gasteiger partial charge in [-0.25, -0.2) is 14.8 Å². The number of carbonyl (C=O) groups excluding carboxylic acids is 1. The quantitative estimate of drug-likeness (QED) is 0.929. The van der Waals surface area contributed by atoms with Gasteiger partial charge in [-0.15, -0.1) is 0 Å². The van der Waals surface area contributed by atoms with Crippen molar-refractivity contribution in [3.63, 3.8) is 0 Å². The second-order valence-corrected chi connectivity index (χ2v) is 6.41. The number of amides is 2. The first-order chi connectivity index (χ1) is 12.1. The van der Waals surface area contributed by atoms with Crippen LogP contribution in [-0.2, 0) is 6.54 Å². The normalized spacial score (nSPS) is 17.2. The highest BCUT2D eigenvalue weighted by Gasteiger charge is 2.25. The van der Waals surface area contributed by atoms with E-state index >= 15 is 0 Å². The number of likely N-dealkylation sites (tertiary alicyclic amines) is 1. The van der Waals surface area contributed by atoms with Crippen molar-refractivity contribution in [2.75, 3.05) is 13.1 Å². The van der Waals surface area contributed by atoms with Gasteiger partial charge in [-0.1, -0.05) is 30.3 Å². The number of aryl methyl sites for hydroxylation is 2. The molecule has 2 amide bonds. The summed E-state index contributed by atoms with van der Waals surface area (Å²) in [5.41, 5.74) is 2.86. The number of carbonyl (C=O) groups is 1. The van der Waals surface area contributed by atoms with Crippen molar-refractivity contribution in [2.24, 2.45) is 0 Å². The Labute approximate surface area is 148 Å². The van der Waals surface area contributed by atoms with Gasteiger partial charge < -0.3 is 15.0 Å². The van der Waals surface area contributed by atoms with Gasteiger partial charge in [-0.3, -0.25) is 0 Å². The van der Waals surface area contributed by atoms with E-state index in [0.717, 1.165) is 36.3 Å². The predicted octanol–water partition coefficient (Wildman–Crippen LogP) is 2.85. The van der Waals surface area contributed by atoms with Gasteiger partial charge in [0.2, 0.25) is 0 Å². The van der Waals surface area contributed by atoms with Crippen LogP contribution in [0.4, 0.5) is 4.79 Å². The largest absolute Gasteiger partial charge is 0.458 e. The van der Waals surface area contributed by atoms with Crippen LogP contribution < -0.4 is 10.1 Å². The molecule has 1 aliphatic rings. The molecule has 1 N–H and O–H groups in total. The monoisotopic (exact) mass is 340 g/mol. The van der Waals surface area contributed by atoms with Crippen LogP contribution in [0, 0.1) is 13.8 Å². The molecule has 0 bridgehead atoms. The minimum atomic E-state index is -0.0718. The van der Waals surface area contributed by atoms with E-state index in [0.29, 0.717) is 19.1 Å². The Balaban J connectivity index is 1.54. The van der Waals surface area contributed by atoms with E-state index in [1.165, 1.54) is 0 Å². The van der Waals surface area contributed by atoms with E-state index in [4.69, 9.17) is 4.74 Å². The molecule has 3 rings (SSSR count). The van der Waals surface area contributed by atoms with Crippen LogP contribution in [0.15, 0.2) is 36.4 Å². The van der Waals surface area contributed by atoms with Crippen molar-refractivity contribution in [3.8, 4) is 6.01 Å². The number of rotatable bonds is 4. The lowest BCUT2D eigenvalue weighted by Gasteiger charge is -2.32. The highest BCUT2D eigenvalue weighted by molar-refractivity contribution is 5.74. The van der Waals surface area contributed by atoms with Crippen molar-refractivity contribution in [2.45, 2.75) is 39.3 Å². The molecule has 1 saturated heterocycles. The molecule has 6 nitrogen and oxygen atoms in total. The molecule has 1 aromatic heterocycles. The van der Waals surface area contributed by atoms with Crippen molar-refractivity contribution in [1.29, 1.82) is 0 Å². The Kier molecular flexibility index (Phi) is 5.48. The van der Waals surface area contributed by atoms with Gasteiger partial charge in [0.15, 0.2) is 0 Å². The van der Waals surface area contributed by atoms with Crippen LogP contribution in [-0.4, -0.2) is 40.1 Å². The number of benzene rings is 1. The van der Waals surface area contributed by atoms with Gasteiger partial charge in [-0.05, 0) is 38.3 Å². The number of aromatic nitrogens is 2. The summed E-state index contributed by atoms with van der Waals surface area (Å²) in [6, 6.07) is 12.2. The van der Waals surface area contributed by atoms with E-state index in [1.54, 1.807) is 4.90 Å². The Bertz CT molecular complexity index is 700. The maximum absolute atomic E-state index is 12.4. The molecule has 1 atom stereocenters. The molecule has 1 aliphatic heterocycles. The molecule has 1 fully saturated rings. The zero-order valence-corrected chi connectivity index (χ0v) is 14.7. The van der Waals surface area contributed by atoms with Crippen LogP contribution in [0.25, 0.3) is 0 Å². The van der Waals surface area contributed by atoms with E-state index in [1.807, 2.05) is 50.2 Å². The van der Waals surface area contributed by atoms with Crippen molar-refractivity contribution in [3.05, 3.63) is 53.3 Å². The lowest BCUT2D eigenvalue weighted by atomic mass is 10.1. The summed E-state index contributed by atoms with van der Waals surface area (Å²) in [6.07, 6.45) is 1.74. The summed E-state index contributed by atoms with van der Waals surface area (Å²) in [7, 11) is 0. The summed E-state index contributed by atoms with van der Waals surface area (Å²) < 4.78 is 5.92. The van der Waals surface area contributed by atoms with Crippen molar-refractivity contribution < 1.29 is 9.53 Å². The smallest absolute Gasteiger partial charge is 0.317 e. The number of hydrogen-bond donors (Lipinski definition) is 1.